The summed E-state index contributed by atoms with van der Waals surface area (Å²) in [5.41, 5.74) is 1.37. The minimum absolute atomic E-state index is 0.227. The predicted octanol–water partition coefficient (Wildman–Crippen LogP) is 0.522. The van der Waals surface area contributed by atoms with Crippen molar-refractivity contribution in [3.8, 4) is 0 Å². The number of nitrogens with one attached hydrogen (secondary N) is 1. The zero-order valence-electron chi connectivity index (χ0n) is 12.8. The summed E-state index contributed by atoms with van der Waals surface area (Å²) >= 11 is 0. The van der Waals surface area contributed by atoms with Crippen LogP contribution >= 0.6 is 0 Å². The van der Waals surface area contributed by atoms with Crippen LogP contribution in [0, 0.1) is 13.8 Å². The Morgan fingerprint density at radius 3 is 2.77 bits per heavy atom. The lowest BCUT2D eigenvalue weighted by molar-refractivity contribution is 0.0292. The first-order valence-corrected chi connectivity index (χ1v) is 8.45. The Labute approximate surface area is 129 Å². The van der Waals surface area contributed by atoms with Crippen LogP contribution in [0.4, 0.5) is 0 Å². The van der Waals surface area contributed by atoms with E-state index in [4.69, 9.17) is 4.74 Å². The average molecular weight is 325 g/mol. The standard InChI is InChI=1S/C13H19N5O3S/c1-9-6-14-13(15-9)11-8-21-5-4-18(11)22(19,20)12-7-17(3)16-10(12)2/h6-7,11H,4-5,8H2,1-3H3,(H,14,15)/t11-/m0/s1. The lowest BCUT2D eigenvalue weighted by atomic mass is 10.2. The number of aryl methyl sites for hydroxylation is 3. The molecule has 0 saturated carbocycles. The van der Waals surface area contributed by atoms with Crippen molar-refractivity contribution in [1.82, 2.24) is 24.1 Å². The topological polar surface area (TPSA) is 93.1 Å². The first-order valence-electron chi connectivity index (χ1n) is 7.01. The second kappa shape index (κ2) is 5.49. The van der Waals surface area contributed by atoms with Gasteiger partial charge in [-0.1, -0.05) is 0 Å². The molecule has 8 nitrogen and oxygen atoms in total. The van der Waals surface area contributed by atoms with E-state index in [1.54, 1.807) is 20.2 Å². The van der Waals surface area contributed by atoms with Crippen LogP contribution in [0.1, 0.15) is 23.3 Å². The normalized spacial score (nSPS) is 20.4. The Morgan fingerprint density at radius 1 is 1.41 bits per heavy atom. The third-order valence-electron chi connectivity index (χ3n) is 3.67. The highest BCUT2D eigenvalue weighted by Gasteiger charge is 2.38. The van der Waals surface area contributed by atoms with Gasteiger partial charge in [0.2, 0.25) is 10.0 Å². The summed E-state index contributed by atoms with van der Waals surface area (Å²) in [6.45, 7) is 4.52. The number of sulfonamides is 1. The van der Waals surface area contributed by atoms with Crippen molar-refractivity contribution in [2.24, 2.45) is 7.05 Å². The highest BCUT2D eigenvalue weighted by Crippen LogP contribution is 2.29. The van der Waals surface area contributed by atoms with Crippen molar-refractivity contribution in [1.29, 1.82) is 0 Å². The molecule has 3 rings (SSSR count). The fourth-order valence-electron chi connectivity index (χ4n) is 2.65. The molecule has 1 atom stereocenters. The van der Waals surface area contributed by atoms with Gasteiger partial charge in [-0.15, -0.1) is 0 Å². The molecule has 22 heavy (non-hydrogen) atoms. The van der Waals surface area contributed by atoms with Crippen molar-refractivity contribution < 1.29 is 13.2 Å². The van der Waals surface area contributed by atoms with E-state index in [-0.39, 0.29) is 11.5 Å². The monoisotopic (exact) mass is 325 g/mol. The molecular formula is C13H19N5O3S. The van der Waals surface area contributed by atoms with Crippen molar-refractivity contribution in [2.45, 2.75) is 24.8 Å². The largest absolute Gasteiger partial charge is 0.378 e. The molecule has 0 amide bonds. The molecule has 1 N–H and O–H groups in total. The van der Waals surface area contributed by atoms with Gasteiger partial charge in [0.15, 0.2) is 0 Å². The minimum Gasteiger partial charge on any atom is -0.378 e. The number of ether oxygens (including phenoxy) is 1. The quantitative estimate of drug-likeness (QED) is 0.888. The lowest BCUT2D eigenvalue weighted by Crippen LogP contribution is -2.43. The molecule has 1 saturated heterocycles. The molecule has 9 heteroatoms. The smallest absolute Gasteiger partial charge is 0.247 e. The molecule has 0 radical (unpaired) electrons. The van der Waals surface area contributed by atoms with Gasteiger partial charge in [0, 0.05) is 31.7 Å². The number of hydrogen-bond donors (Lipinski definition) is 1. The zero-order valence-corrected chi connectivity index (χ0v) is 13.6. The van der Waals surface area contributed by atoms with Crippen LogP contribution in [0.3, 0.4) is 0 Å². The highest BCUT2D eigenvalue weighted by atomic mass is 32.2. The number of rotatable bonds is 3. The van der Waals surface area contributed by atoms with E-state index in [9.17, 15) is 8.42 Å². The van der Waals surface area contributed by atoms with Gasteiger partial charge in [0.1, 0.15) is 16.8 Å². The van der Waals surface area contributed by atoms with Crippen LogP contribution in [-0.4, -0.2) is 52.2 Å². The number of imidazole rings is 1. The van der Waals surface area contributed by atoms with Crippen LogP contribution in [0.25, 0.3) is 0 Å². The summed E-state index contributed by atoms with van der Waals surface area (Å²) in [7, 11) is -1.94. The molecule has 2 aromatic heterocycles. The Kier molecular flexibility index (Phi) is 3.79. The van der Waals surface area contributed by atoms with E-state index in [1.165, 1.54) is 15.2 Å². The second-order valence-corrected chi connectivity index (χ2v) is 7.27. The summed E-state index contributed by atoms with van der Waals surface area (Å²) in [6.07, 6.45) is 3.22. The van der Waals surface area contributed by atoms with Crippen molar-refractivity contribution in [2.75, 3.05) is 19.8 Å². The molecule has 0 aromatic carbocycles. The highest BCUT2D eigenvalue weighted by molar-refractivity contribution is 7.89. The SMILES string of the molecule is Cc1cnc([C@@H]2COCCN2S(=O)(=O)c2cn(C)nc2C)[nH]1. The van der Waals surface area contributed by atoms with Crippen LogP contribution in [0.15, 0.2) is 17.3 Å². The van der Waals surface area contributed by atoms with Gasteiger partial charge in [0.05, 0.1) is 18.9 Å². The number of nitrogens with zero attached hydrogens (tertiary/aromatic N) is 4. The van der Waals surface area contributed by atoms with Crippen molar-refractivity contribution in [3.05, 3.63) is 29.6 Å². The van der Waals surface area contributed by atoms with Gasteiger partial charge < -0.3 is 9.72 Å². The molecule has 2 aromatic rings. The van der Waals surface area contributed by atoms with Crippen LogP contribution in [0.5, 0.6) is 0 Å². The summed E-state index contributed by atoms with van der Waals surface area (Å²) in [4.78, 5) is 7.59. The van der Waals surface area contributed by atoms with Crippen LogP contribution in [0.2, 0.25) is 0 Å². The van der Waals surface area contributed by atoms with Crippen molar-refractivity contribution in [3.63, 3.8) is 0 Å². The molecule has 3 heterocycles. The first-order chi connectivity index (χ1) is 10.4. The molecule has 0 aliphatic carbocycles. The molecule has 0 spiro atoms. The Balaban J connectivity index is 2.01. The molecule has 1 aliphatic heterocycles. The Morgan fingerprint density at radius 2 is 2.18 bits per heavy atom. The Hall–Kier alpha value is -1.71. The zero-order chi connectivity index (χ0) is 15.9. The molecular weight excluding hydrogens is 306 g/mol. The minimum atomic E-state index is -3.65. The van der Waals surface area contributed by atoms with E-state index in [0.717, 1.165) is 5.69 Å². The fraction of sp³-hybridized carbons (Fsp3) is 0.538. The van der Waals surface area contributed by atoms with E-state index in [1.807, 2.05) is 6.92 Å². The van der Waals surface area contributed by atoms with E-state index in [0.29, 0.717) is 24.7 Å². The van der Waals surface area contributed by atoms with Gasteiger partial charge >= 0.3 is 0 Å². The van der Waals surface area contributed by atoms with Crippen LogP contribution < -0.4 is 0 Å². The van der Waals surface area contributed by atoms with Crippen LogP contribution in [-0.2, 0) is 21.8 Å². The average Bonchev–Trinajstić information content (AvgIpc) is 3.05. The fourth-order valence-corrected chi connectivity index (χ4v) is 4.41. The number of hydrogen-bond acceptors (Lipinski definition) is 5. The molecule has 0 bridgehead atoms. The number of morpholine rings is 1. The number of H-pyrrole nitrogens is 1. The summed E-state index contributed by atoms with van der Waals surface area (Å²) < 4.78 is 34.4. The molecule has 0 unspecified atom stereocenters. The van der Waals surface area contributed by atoms with Gasteiger partial charge in [-0.05, 0) is 13.8 Å². The lowest BCUT2D eigenvalue weighted by Gasteiger charge is -2.33. The van der Waals surface area contributed by atoms with Gasteiger partial charge in [-0.3, -0.25) is 4.68 Å². The third-order valence-corrected chi connectivity index (χ3v) is 5.68. The van der Waals surface area contributed by atoms with E-state index < -0.39 is 16.1 Å². The van der Waals surface area contributed by atoms with Gasteiger partial charge in [-0.25, -0.2) is 13.4 Å². The molecule has 1 fully saturated rings. The molecule has 1 aliphatic rings. The third kappa shape index (κ3) is 2.55. The number of aromatic nitrogens is 4. The summed E-state index contributed by atoms with van der Waals surface area (Å²) in [5, 5.41) is 4.13. The summed E-state index contributed by atoms with van der Waals surface area (Å²) in [5.74, 6) is 0.599. The van der Waals surface area contributed by atoms with Crippen molar-refractivity contribution >= 4 is 10.0 Å². The van der Waals surface area contributed by atoms with E-state index >= 15 is 0 Å². The van der Waals surface area contributed by atoms with Gasteiger partial charge in [0.25, 0.3) is 0 Å². The Bertz CT molecular complexity index is 779. The predicted molar refractivity (Wildman–Crippen MR) is 78.7 cm³/mol. The number of aromatic amines is 1. The maximum absolute atomic E-state index is 13.0. The first kappa shape index (κ1) is 15.2. The maximum Gasteiger partial charge on any atom is 0.247 e. The second-order valence-electron chi connectivity index (χ2n) is 5.41. The summed E-state index contributed by atoms with van der Waals surface area (Å²) in [6, 6.07) is -0.452. The van der Waals surface area contributed by atoms with Gasteiger partial charge in [-0.2, -0.15) is 9.40 Å². The molecule has 120 valence electrons. The van der Waals surface area contributed by atoms with E-state index in [2.05, 4.69) is 15.1 Å². The maximum atomic E-state index is 13.0.